The van der Waals surface area contributed by atoms with Gasteiger partial charge in [0.2, 0.25) is 0 Å². The van der Waals surface area contributed by atoms with Crippen LogP contribution in [-0.4, -0.2) is 18.1 Å². The lowest BCUT2D eigenvalue weighted by Crippen LogP contribution is -2.28. The summed E-state index contributed by atoms with van der Waals surface area (Å²) in [5.41, 5.74) is 5.06. The molecule has 106 valence electrons. The van der Waals surface area contributed by atoms with E-state index in [0.717, 1.165) is 18.0 Å². The molecule has 1 aliphatic rings. The molecule has 2 aromatic rings. The Kier molecular flexibility index (Phi) is 4.18. The molecule has 1 saturated heterocycles. The Labute approximate surface area is 125 Å². The van der Waals surface area contributed by atoms with Crippen LogP contribution in [0.25, 0.3) is 11.3 Å². The lowest BCUT2D eigenvalue weighted by molar-refractivity contribution is 0.372. The Morgan fingerprint density at radius 3 is 2.85 bits per heavy atom. The largest absolute Gasteiger partial charge is 0.317 e. The standard InChI is InChI=1S/C17H22N2S/c1-12-3-4-13(2)15(9-12)16-11-20-17(19-16)10-14-5-7-18-8-6-14/h3-4,9,11,14,18H,5-8,10H2,1-2H3. The lowest BCUT2D eigenvalue weighted by atomic mass is 9.95. The van der Waals surface area contributed by atoms with Gasteiger partial charge in [0.05, 0.1) is 10.7 Å². The fraction of sp³-hybridized carbons (Fsp3) is 0.471. The fourth-order valence-corrected chi connectivity index (χ4v) is 3.78. The van der Waals surface area contributed by atoms with Gasteiger partial charge in [0, 0.05) is 17.4 Å². The molecule has 1 N–H and O–H groups in total. The molecule has 1 aliphatic heterocycles. The Balaban J connectivity index is 1.77. The molecule has 2 nitrogen and oxygen atoms in total. The van der Waals surface area contributed by atoms with Gasteiger partial charge in [-0.25, -0.2) is 4.98 Å². The predicted octanol–water partition coefficient (Wildman–Crippen LogP) is 3.97. The highest BCUT2D eigenvalue weighted by molar-refractivity contribution is 7.09. The number of thiazole rings is 1. The predicted molar refractivity (Wildman–Crippen MR) is 86.3 cm³/mol. The van der Waals surface area contributed by atoms with Crippen molar-refractivity contribution in [3.63, 3.8) is 0 Å². The van der Waals surface area contributed by atoms with E-state index in [1.807, 2.05) is 11.3 Å². The average Bonchev–Trinajstić information content (AvgIpc) is 2.91. The van der Waals surface area contributed by atoms with E-state index in [1.54, 1.807) is 0 Å². The molecule has 3 rings (SSSR count). The van der Waals surface area contributed by atoms with Gasteiger partial charge in [-0.2, -0.15) is 0 Å². The summed E-state index contributed by atoms with van der Waals surface area (Å²) in [6.07, 6.45) is 3.73. The maximum absolute atomic E-state index is 4.87. The second-order valence-electron chi connectivity index (χ2n) is 5.84. The Hall–Kier alpha value is -1.19. The summed E-state index contributed by atoms with van der Waals surface area (Å²) in [6.45, 7) is 6.64. The van der Waals surface area contributed by atoms with Crippen LogP contribution in [0.3, 0.4) is 0 Å². The number of hydrogen-bond donors (Lipinski definition) is 1. The Morgan fingerprint density at radius 2 is 2.05 bits per heavy atom. The van der Waals surface area contributed by atoms with E-state index < -0.39 is 0 Å². The summed E-state index contributed by atoms with van der Waals surface area (Å²) in [7, 11) is 0. The number of rotatable bonds is 3. The zero-order chi connectivity index (χ0) is 13.9. The van der Waals surface area contributed by atoms with Crippen LogP contribution >= 0.6 is 11.3 Å². The van der Waals surface area contributed by atoms with Crippen LogP contribution in [0.5, 0.6) is 0 Å². The highest BCUT2D eigenvalue weighted by Crippen LogP contribution is 2.28. The molecule has 0 radical (unpaired) electrons. The molecule has 20 heavy (non-hydrogen) atoms. The summed E-state index contributed by atoms with van der Waals surface area (Å²) in [6, 6.07) is 6.61. The lowest BCUT2D eigenvalue weighted by Gasteiger charge is -2.21. The summed E-state index contributed by atoms with van der Waals surface area (Å²) in [5, 5.41) is 6.95. The summed E-state index contributed by atoms with van der Waals surface area (Å²) in [5.74, 6) is 0.814. The van der Waals surface area contributed by atoms with Crippen molar-refractivity contribution in [1.29, 1.82) is 0 Å². The van der Waals surface area contributed by atoms with Crippen molar-refractivity contribution in [3.05, 3.63) is 39.7 Å². The third-order valence-electron chi connectivity index (χ3n) is 4.14. The number of benzene rings is 1. The molecule has 0 saturated carbocycles. The van der Waals surface area contributed by atoms with Crippen molar-refractivity contribution in [2.45, 2.75) is 33.1 Å². The first-order valence-corrected chi connectivity index (χ1v) is 8.33. The first-order valence-electron chi connectivity index (χ1n) is 7.45. The van der Waals surface area contributed by atoms with Gasteiger partial charge in [0.25, 0.3) is 0 Å². The van der Waals surface area contributed by atoms with Gasteiger partial charge in [0.1, 0.15) is 0 Å². The van der Waals surface area contributed by atoms with Crippen LogP contribution < -0.4 is 5.32 Å². The highest BCUT2D eigenvalue weighted by Gasteiger charge is 2.16. The smallest absolute Gasteiger partial charge is 0.0935 e. The Bertz CT molecular complexity index is 582. The van der Waals surface area contributed by atoms with Gasteiger partial charge in [-0.15, -0.1) is 11.3 Å². The molecule has 0 aliphatic carbocycles. The van der Waals surface area contributed by atoms with Crippen molar-refractivity contribution in [3.8, 4) is 11.3 Å². The number of hydrogen-bond acceptors (Lipinski definition) is 3. The monoisotopic (exact) mass is 286 g/mol. The molecular weight excluding hydrogens is 264 g/mol. The van der Waals surface area contributed by atoms with Crippen molar-refractivity contribution in [1.82, 2.24) is 10.3 Å². The molecule has 1 fully saturated rings. The minimum absolute atomic E-state index is 0.814. The van der Waals surface area contributed by atoms with Crippen LogP contribution in [0.15, 0.2) is 23.6 Å². The molecule has 0 bridgehead atoms. The van der Waals surface area contributed by atoms with E-state index in [4.69, 9.17) is 4.98 Å². The second kappa shape index (κ2) is 6.06. The molecule has 1 aromatic heterocycles. The van der Waals surface area contributed by atoms with Gasteiger partial charge in [-0.1, -0.05) is 17.7 Å². The van der Waals surface area contributed by atoms with E-state index in [2.05, 4.69) is 42.7 Å². The zero-order valence-corrected chi connectivity index (χ0v) is 13.1. The number of nitrogens with one attached hydrogen (secondary N) is 1. The number of piperidine rings is 1. The number of nitrogens with zero attached hydrogens (tertiary/aromatic N) is 1. The molecule has 3 heteroatoms. The first-order chi connectivity index (χ1) is 9.72. The quantitative estimate of drug-likeness (QED) is 0.923. The maximum Gasteiger partial charge on any atom is 0.0935 e. The van der Waals surface area contributed by atoms with E-state index in [1.165, 1.54) is 47.6 Å². The summed E-state index contributed by atoms with van der Waals surface area (Å²) >= 11 is 1.82. The van der Waals surface area contributed by atoms with Gasteiger partial charge in [0.15, 0.2) is 0 Å². The minimum atomic E-state index is 0.814. The Morgan fingerprint density at radius 1 is 1.25 bits per heavy atom. The van der Waals surface area contributed by atoms with E-state index >= 15 is 0 Å². The van der Waals surface area contributed by atoms with Crippen LogP contribution in [0.1, 0.15) is 29.0 Å². The van der Waals surface area contributed by atoms with Crippen molar-refractivity contribution < 1.29 is 0 Å². The van der Waals surface area contributed by atoms with Gasteiger partial charge < -0.3 is 5.32 Å². The van der Waals surface area contributed by atoms with E-state index in [-0.39, 0.29) is 0 Å². The zero-order valence-electron chi connectivity index (χ0n) is 12.3. The normalized spacial score (nSPS) is 16.5. The number of aryl methyl sites for hydroxylation is 2. The topological polar surface area (TPSA) is 24.9 Å². The second-order valence-corrected chi connectivity index (χ2v) is 6.79. The third-order valence-corrected chi connectivity index (χ3v) is 5.01. The van der Waals surface area contributed by atoms with Crippen molar-refractivity contribution >= 4 is 11.3 Å². The van der Waals surface area contributed by atoms with E-state index in [9.17, 15) is 0 Å². The molecule has 0 spiro atoms. The molecular formula is C17H22N2S. The van der Waals surface area contributed by atoms with Gasteiger partial charge >= 0.3 is 0 Å². The van der Waals surface area contributed by atoms with Crippen LogP contribution in [-0.2, 0) is 6.42 Å². The molecule has 1 aromatic carbocycles. The average molecular weight is 286 g/mol. The van der Waals surface area contributed by atoms with Gasteiger partial charge in [-0.3, -0.25) is 0 Å². The molecule has 0 amide bonds. The van der Waals surface area contributed by atoms with Crippen LogP contribution in [0.4, 0.5) is 0 Å². The highest BCUT2D eigenvalue weighted by atomic mass is 32.1. The first kappa shape index (κ1) is 13.8. The van der Waals surface area contributed by atoms with Crippen molar-refractivity contribution in [2.75, 3.05) is 13.1 Å². The molecule has 2 heterocycles. The minimum Gasteiger partial charge on any atom is -0.317 e. The maximum atomic E-state index is 4.87. The number of aromatic nitrogens is 1. The van der Waals surface area contributed by atoms with Crippen LogP contribution in [0, 0.1) is 19.8 Å². The summed E-state index contributed by atoms with van der Waals surface area (Å²) < 4.78 is 0. The SMILES string of the molecule is Cc1ccc(C)c(-c2csc(CC3CCNCC3)n2)c1. The van der Waals surface area contributed by atoms with Crippen LogP contribution in [0.2, 0.25) is 0 Å². The fourth-order valence-electron chi connectivity index (χ4n) is 2.87. The summed E-state index contributed by atoms with van der Waals surface area (Å²) in [4.78, 5) is 4.87. The third kappa shape index (κ3) is 3.10. The van der Waals surface area contributed by atoms with Crippen molar-refractivity contribution in [2.24, 2.45) is 5.92 Å². The van der Waals surface area contributed by atoms with E-state index in [0.29, 0.717) is 0 Å². The molecule has 0 atom stereocenters. The molecule has 0 unspecified atom stereocenters. The van der Waals surface area contributed by atoms with Gasteiger partial charge in [-0.05, 0) is 57.3 Å².